The monoisotopic (exact) mass is 331 g/mol. The lowest BCUT2D eigenvalue weighted by atomic mass is 10.2. The average molecular weight is 332 g/mol. The fourth-order valence-electron chi connectivity index (χ4n) is 2.74. The van der Waals surface area contributed by atoms with Crippen molar-refractivity contribution in [2.75, 3.05) is 6.54 Å². The van der Waals surface area contributed by atoms with Crippen molar-refractivity contribution in [2.24, 2.45) is 7.05 Å². The van der Waals surface area contributed by atoms with Crippen molar-refractivity contribution in [2.45, 2.75) is 20.4 Å². The summed E-state index contributed by atoms with van der Waals surface area (Å²) >= 11 is 6.12. The van der Waals surface area contributed by atoms with Crippen LogP contribution < -0.4 is 5.32 Å². The number of imidazole rings is 1. The number of carbonyl (C=O) groups excluding carboxylic acids is 1. The van der Waals surface area contributed by atoms with Gasteiger partial charge in [-0.15, -0.1) is 0 Å². The van der Waals surface area contributed by atoms with Gasteiger partial charge in [-0.3, -0.25) is 9.48 Å². The van der Waals surface area contributed by atoms with Gasteiger partial charge in [0, 0.05) is 20.1 Å². The number of hydrogen-bond donors (Lipinski definition) is 1. The number of rotatable bonds is 4. The first kappa shape index (κ1) is 15.6. The van der Waals surface area contributed by atoms with Crippen molar-refractivity contribution in [1.82, 2.24) is 24.6 Å². The highest BCUT2D eigenvalue weighted by Crippen LogP contribution is 2.18. The number of benzene rings is 1. The van der Waals surface area contributed by atoms with Crippen molar-refractivity contribution in [1.29, 1.82) is 0 Å². The van der Waals surface area contributed by atoms with E-state index in [9.17, 15) is 4.79 Å². The normalized spacial score (nSPS) is 11.1. The number of aryl methyl sites for hydroxylation is 3. The standard InChI is InChI=1S/C16H18ClN5O/c1-10-14(15(17)21(3)20-10)16(23)18-8-9-22-11(2)19-12-6-4-5-7-13(12)22/h4-7H,8-9H2,1-3H3,(H,18,23). The van der Waals surface area contributed by atoms with Crippen molar-refractivity contribution < 1.29 is 4.79 Å². The SMILES string of the molecule is Cc1nn(C)c(Cl)c1C(=O)NCCn1c(C)nc2ccccc21. The minimum absolute atomic E-state index is 0.206. The number of aromatic nitrogens is 4. The lowest BCUT2D eigenvalue weighted by Crippen LogP contribution is -2.28. The summed E-state index contributed by atoms with van der Waals surface area (Å²) in [4.78, 5) is 16.8. The number of fused-ring (bicyclic) bond motifs is 1. The van der Waals surface area contributed by atoms with Gasteiger partial charge in [0.25, 0.3) is 5.91 Å². The maximum atomic E-state index is 12.3. The van der Waals surface area contributed by atoms with Crippen LogP contribution in [0.3, 0.4) is 0 Å². The van der Waals surface area contributed by atoms with Gasteiger partial charge >= 0.3 is 0 Å². The first-order valence-electron chi connectivity index (χ1n) is 7.38. The molecule has 3 rings (SSSR count). The fourth-order valence-corrected chi connectivity index (χ4v) is 3.00. The van der Waals surface area contributed by atoms with Gasteiger partial charge in [-0.2, -0.15) is 5.10 Å². The molecule has 2 heterocycles. The van der Waals surface area contributed by atoms with Gasteiger partial charge in [0.2, 0.25) is 0 Å². The van der Waals surface area contributed by atoms with Crippen molar-refractivity contribution in [3.63, 3.8) is 0 Å². The van der Waals surface area contributed by atoms with Gasteiger partial charge < -0.3 is 9.88 Å². The summed E-state index contributed by atoms with van der Waals surface area (Å²) in [6.45, 7) is 4.87. The van der Waals surface area contributed by atoms with Gasteiger partial charge in [0.15, 0.2) is 0 Å². The summed E-state index contributed by atoms with van der Waals surface area (Å²) < 4.78 is 3.59. The number of halogens is 1. The van der Waals surface area contributed by atoms with Crippen molar-refractivity contribution in [3.8, 4) is 0 Å². The van der Waals surface area contributed by atoms with Crippen LogP contribution >= 0.6 is 11.6 Å². The zero-order valence-electron chi connectivity index (χ0n) is 13.3. The quantitative estimate of drug-likeness (QED) is 0.798. The Bertz CT molecular complexity index is 880. The molecule has 6 nitrogen and oxygen atoms in total. The predicted octanol–water partition coefficient (Wildman–Crippen LogP) is 2.47. The smallest absolute Gasteiger partial charge is 0.256 e. The number of para-hydroxylation sites is 2. The Labute approximate surface area is 139 Å². The van der Waals surface area contributed by atoms with Crippen LogP contribution in [-0.2, 0) is 13.6 Å². The molecular formula is C16H18ClN5O. The number of hydrogen-bond acceptors (Lipinski definition) is 3. The number of carbonyl (C=O) groups is 1. The molecule has 1 aromatic carbocycles. The molecule has 7 heteroatoms. The second-order valence-electron chi connectivity index (χ2n) is 5.43. The maximum absolute atomic E-state index is 12.3. The second-order valence-corrected chi connectivity index (χ2v) is 5.79. The fraction of sp³-hybridized carbons (Fsp3) is 0.312. The summed E-state index contributed by atoms with van der Waals surface area (Å²) in [6.07, 6.45) is 0. The third kappa shape index (κ3) is 2.82. The number of nitrogens with one attached hydrogen (secondary N) is 1. The highest BCUT2D eigenvalue weighted by atomic mass is 35.5. The van der Waals surface area contributed by atoms with Crippen molar-refractivity contribution >= 4 is 28.5 Å². The molecule has 0 aliphatic heterocycles. The van der Waals surface area contributed by atoms with Crippen LogP contribution in [0.5, 0.6) is 0 Å². The molecule has 0 aliphatic carbocycles. The van der Waals surface area contributed by atoms with Crippen LogP contribution in [0.4, 0.5) is 0 Å². The highest BCUT2D eigenvalue weighted by molar-refractivity contribution is 6.33. The first-order chi connectivity index (χ1) is 11.0. The van der Waals surface area contributed by atoms with Gasteiger partial charge in [-0.1, -0.05) is 23.7 Å². The van der Waals surface area contributed by atoms with E-state index in [1.807, 2.05) is 31.2 Å². The van der Waals surface area contributed by atoms with Crippen LogP contribution in [0.25, 0.3) is 11.0 Å². The second kappa shape index (κ2) is 6.04. The molecule has 0 bridgehead atoms. The van der Waals surface area contributed by atoms with E-state index in [1.54, 1.807) is 14.0 Å². The number of amides is 1. The lowest BCUT2D eigenvalue weighted by Gasteiger charge is -2.08. The molecule has 0 aliphatic rings. The van der Waals surface area contributed by atoms with Gasteiger partial charge in [-0.05, 0) is 26.0 Å². The minimum Gasteiger partial charge on any atom is -0.350 e. The van der Waals surface area contributed by atoms with E-state index in [1.165, 1.54) is 4.68 Å². The molecule has 0 unspecified atom stereocenters. The molecule has 0 saturated carbocycles. The first-order valence-corrected chi connectivity index (χ1v) is 7.76. The van der Waals surface area contributed by atoms with Crippen LogP contribution in [0, 0.1) is 13.8 Å². The van der Waals surface area contributed by atoms with Gasteiger partial charge in [-0.25, -0.2) is 4.98 Å². The molecule has 0 spiro atoms. The Hall–Kier alpha value is -2.34. The van der Waals surface area contributed by atoms with Gasteiger partial charge in [0.1, 0.15) is 11.0 Å². The molecule has 120 valence electrons. The summed E-state index contributed by atoms with van der Waals surface area (Å²) in [5.74, 6) is 0.721. The molecule has 0 radical (unpaired) electrons. The van der Waals surface area contributed by atoms with E-state index in [0.717, 1.165) is 16.9 Å². The maximum Gasteiger partial charge on any atom is 0.256 e. The molecule has 2 aromatic heterocycles. The molecule has 0 atom stereocenters. The van der Waals surface area contributed by atoms with Crippen LogP contribution in [0.2, 0.25) is 5.15 Å². The van der Waals surface area contributed by atoms with Crippen LogP contribution in [0.1, 0.15) is 21.9 Å². The molecule has 3 aromatic rings. The minimum atomic E-state index is -0.206. The average Bonchev–Trinajstić information content (AvgIpc) is 2.96. The van der Waals surface area contributed by atoms with E-state index < -0.39 is 0 Å². The molecule has 23 heavy (non-hydrogen) atoms. The van der Waals surface area contributed by atoms with Crippen LogP contribution in [0.15, 0.2) is 24.3 Å². The molecule has 0 fully saturated rings. The Kier molecular flexibility index (Phi) is 4.09. The van der Waals surface area contributed by atoms with E-state index in [4.69, 9.17) is 11.6 Å². The Morgan fingerprint density at radius 1 is 1.30 bits per heavy atom. The Morgan fingerprint density at radius 2 is 2.04 bits per heavy atom. The Balaban J connectivity index is 1.71. The summed E-state index contributed by atoms with van der Waals surface area (Å²) in [5.41, 5.74) is 3.08. The lowest BCUT2D eigenvalue weighted by molar-refractivity contribution is 0.0952. The van der Waals surface area contributed by atoms with E-state index in [0.29, 0.717) is 29.5 Å². The summed E-state index contributed by atoms with van der Waals surface area (Å²) in [5, 5.41) is 7.40. The van der Waals surface area contributed by atoms with E-state index in [2.05, 4.69) is 20.0 Å². The van der Waals surface area contributed by atoms with E-state index in [-0.39, 0.29) is 5.91 Å². The molecular weight excluding hydrogens is 314 g/mol. The molecule has 0 saturated heterocycles. The van der Waals surface area contributed by atoms with Crippen molar-refractivity contribution in [3.05, 3.63) is 46.5 Å². The summed E-state index contributed by atoms with van der Waals surface area (Å²) in [6, 6.07) is 7.96. The van der Waals surface area contributed by atoms with Gasteiger partial charge in [0.05, 0.1) is 22.3 Å². The largest absolute Gasteiger partial charge is 0.350 e. The number of nitrogens with zero attached hydrogens (tertiary/aromatic N) is 4. The third-order valence-electron chi connectivity index (χ3n) is 3.85. The topological polar surface area (TPSA) is 64.7 Å². The Morgan fingerprint density at radius 3 is 2.74 bits per heavy atom. The van der Waals surface area contributed by atoms with E-state index >= 15 is 0 Å². The predicted molar refractivity (Wildman–Crippen MR) is 89.8 cm³/mol. The third-order valence-corrected chi connectivity index (χ3v) is 4.28. The molecule has 1 amide bonds. The van der Waals surface area contributed by atoms with Crippen LogP contribution in [-0.4, -0.2) is 31.8 Å². The summed E-state index contributed by atoms with van der Waals surface area (Å²) in [7, 11) is 1.72. The highest BCUT2D eigenvalue weighted by Gasteiger charge is 2.18. The molecule has 1 N–H and O–H groups in total. The zero-order chi connectivity index (χ0) is 16.6. The zero-order valence-corrected chi connectivity index (χ0v) is 14.1.